The van der Waals surface area contributed by atoms with Gasteiger partial charge in [0.15, 0.2) is 0 Å². The van der Waals surface area contributed by atoms with E-state index in [1.165, 1.54) is 4.90 Å². The van der Waals surface area contributed by atoms with Gasteiger partial charge in [-0.05, 0) is 18.1 Å². The number of amides is 2. The van der Waals surface area contributed by atoms with Crippen molar-refractivity contribution in [3.05, 3.63) is 30.3 Å². The van der Waals surface area contributed by atoms with E-state index in [-0.39, 0.29) is 23.7 Å². The lowest BCUT2D eigenvalue weighted by Crippen LogP contribution is -2.31. The monoisotopic (exact) mass is 217 g/mol. The van der Waals surface area contributed by atoms with Gasteiger partial charge in [0.05, 0.1) is 11.6 Å². The Morgan fingerprint density at radius 3 is 2.31 bits per heavy atom. The molecular weight excluding hydrogens is 202 g/mol. The molecule has 1 aliphatic heterocycles. The summed E-state index contributed by atoms with van der Waals surface area (Å²) in [4.78, 5) is 25.2. The van der Waals surface area contributed by atoms with Crippen LogP contribution in [0.15, 0.2) is 30.3 Å². The second-order valence-corrected chi connectivity index (χ2v) is 4.46. The van der Waals surface area contributed by atoms with Gasteiger partial charge in [-0.15, -0.1) is 0 Å². The zero-order chi connectivity index (χ0) is 11.7. The molecule has 1 atom stereocenters. The number of nitrogens with zero attached hydrogens (tertiary/aromatic N) is 1. The first-order chi connectivity index (χ1) is 7.61. The molecule has 1 aromatic carbocycles. The topological polar surface area (TPSA) is 37.4 Å². The summed E-state index contributed by atoms with van der Waals surface area (Å²) < 4.78 is 0. The SMILES string of the molecule is CC(C)C1CC(=O)N(c2ccccc2)C1=O. The summed E-state index contributed by atoms with van der Waals surface area (Å²) in [7, 11) is 0. The molecule has 1 aromatic rings. The average Bonchev–Trinajstić information content (AvgIpc) is 2.56. The van der Waals surface area contributed by atoms with E-state index in [1.807, 2.05) is 32.0 Å². The summed E-state index contributed by atoms with van der Waals surface area (Å²) in [5.41, 5.74) is 0.681. The van der Waals surface area contributed by atoms with Crippen LogP contribution in [0.3, 0.4) is 0 Å². The number of hydrogen-bond acceptors (Lipinski definition) is 2. The van der Waals surface area contributed by atoms with Crippen LogP contribution in [0.5, 0.6) is 0 Å². The number of hydrogen-bond donors (Lipinski definition) is 0. The van der Waals surface area contributed by atoms with E-state index in [0.717, 1.165) is 0 Å². The maximum atomic E-state index is 12.1. The van der Waals surface area contributed by atoms with Crippen LogP contribution >= 0.6 is 0 Å². The van der Waals surface area contributed by atoms with Crippen molar-refractivity contribution in [2.45, 2.75) is 20.3 Å². The van der Waals surface area contributed by atoms with Gasteiger partial charge >= 0.3 is 0 Å². The molecule has 16 heavy (non-hydrogen) atoms. The highest BCUT2D eigenvalue weighted by Crippen LogP contribution is 2.30. The molecule has 1 saturated heterocycles. The number of carbonyl (C=O) groups is 2. The molecule has 0 bridgehead atoms. The predicted molar refractivity (Wildman–Crippen MR) is 61.9 cm³/mol. The first-order valence-corrected chi connectivity index (χ1v) is 5.53. The van der Waals surface area contributed by atoms with Crippen LogP contribution in [0.4, 0.5) is 5.69 Å². The summed E-state index contributed by atoms with van der Waals surface area (Å²) in [6.07, 6.45) is 0.339. The van der Waals surface area contributed by atoms with Crippen molar-refractivity contribution in [2.24, 2.45) is 11.8 Å². The Morgan fingerprint density at radius 2 is 1.81 bits per heavy atom. The predicted octanol–water partition coefficient (Wildman–Crippen LogP) is 2.22. The van der Waals surface area contributed by atoms with Crippen molar-refractivity contribution in [1.29, 1.82) is 0 Å². The summed E-state index contributed by atoms with van der Waals surface area (Å²) in [6, 6.07) is 9.11. The van der Waals surface area contributed by atoms with Gasteiger partial charge < -0.3 is 0 Å². The minimum Gasteiger partial charge on any atom is -0.274 e. The van der Waals surface area contributed by atoms with Crippen molar-refractivity contribution >= 4 is 17.5 Å². The molecule has 2 rings (SSSR count). The normalized spacial score (nSPS) is 20.9. The summed E-state index contributed by atoms with van der Waals surface area (Å²) in [5, 5.41) is 0. The molecule has 0 aromatic heterocycles. The highest BCUT2D eigenvalue weighted by molar-refractivity contribution is 6.20. The van der Waals surface area contributed by atoms with E-state index < -0.39 is 0 Å². The lowest BCUT2D eigenvalue weighted by atomic mass is 9.94. The van der Waals surface area contributed by atoms with Crippen LogP contribution in [0.1, 0.15) is 20.3 Å². The molecule has 1 aliphatic rings. The van der Waals surface area contributed by atoms with Gasteiger partial charge in [-0.25, -0.2) is 0 Å². The molecule has 2 amide bonds. The minimum atomic E-state index is -0.160. The second kappa shape index (κ2) is 4.08. The second-order valence-electron chi connectivity index (χ2n) is 4.46. The van der Waals surface area contributed by atoms with Crippen molar-refractivity contribution in [3.63, 3.8) is 0 Å². The number of carbonyl (C=O) groups excluding carboxylic acids is 2. The average molecular weight is 217 g/mol. The Bertz CT molecular complexity index is 411. The lowest BCUT2D eigenvalue weighted by molar-refractivity contribution is -0.122. The van der Waals surface area contributed by atoms with Crippen molar-refractivity contribution in [2.75, 3.05) is 4.90 Å². The maximum Gasteiger partial charge on any atom is 0.237 e. The highest BCUT2D eigenvalue weighted by Gasteiger charge is 2.40. The van der Waals surface area contributed by atoms with E-state index in [1.54, 1.807) is 12.1 Å². The van der Waals surface area contributed by atoms with Crippen LogP contribution in [0.2, 0.25) is 0 Å². The molecule has 0 aliphatic carbocycles. The first kappa shape index (κ1) is 10.9. The molecule has 1 heterocycles. The standard InChI is InChI=1S/C13H15NO2/c1-9(2)11-8-12(15)14(13(11)16)10-6-4-3-5-7-10/h3-7,9,11H,8H2,1-2H3. The van der Waals surface area contributed by atoms with Crippen molar-refractivity contribution in [3.8, 4) is 0 Å². The van der Waals surface area contributed by atoms with Crippen molar-refractivity contribution in [1.82, 2.24) is 0 Å². The Hall–Kier alpha value is -1.64. The van der Waals surface area contributed by atoms with Gasteiger partial charge in [0.1, 0.15) is 0 Å². The van der Waals surface area contributed by atoms with Crippen LogP contribution in [0.25, 0.3) is 0 Å². The van der Waals surface area contributed by atoms with Gasteiger partial charge in [-0.3, -0.25) is 14.5 Å². The third kappa shape index (κ3) is 1.73. The summed E-state index contributed by atoms with van der Waals surface area (Å²) in [6.45, 7) is 3.95. The lowest BCUT2D eigenvalue weighted by Gasteiger charge is -2.16. The fraction of sp³-hybridized carbons (Fsp3) is 0.385. The van der Waals surface area contributed by atoms with Crippen LogP contribution < -0.4 is 4.90 Å². The van der Waals surface area contributed by atoms with Crippen LogP contribution in [-0.2, 0) is 9.59 Å². The minimum absolute atomic E-state index is 0.0637. The molecule has 1 fully saturated rings. The zero-order valence-electron chi connectivity index (χ0n) is 9.51. The van der Waals surface area contributed by atoms with E-state index in [9.17, 15) is 9.59 Å². The van der Waals surface area contributed by atoms with Gasteiger partial charge in [-0.2, -0.15) is 0 Å². The van der Waals surface area contributed by atoms with E-state index in [2.05, 4.69) is 0 Å². The fourth-order valence-corrected chi connectivity index (χ4v) is 2.02. The summed E-state index contributed by atoms with van der Waals surface area (Å²) >= 11 is 0. The number of para-hydroxylation sites is 1. The Kier molecular flexibility index (Phi) is 2.77. The Balaban J connectivity index is 2.30. The molecule has 0 radical (unpaired) electrons. The first-order valence-electron chi connectivity index (χ1n) is 5.53. The largest absolute Gasteiger partial charge is 0.274 e. The van der Waals surface area contributed by atoms with E-state index in [0.29, 0.717) is 12.1 Å². The smallest absolute Gasteiger partial charge is 0.237 e. The van der Waals surface area contributed by atoms with Crippen LogP contribution in [-0.4, -0.2) is 11.8 Å². The molecule has 0 saturated carbocycles. The van der Waals surface area contributed by atoms with Gasteiger partial charge in [0, 0.05) is 6.42 Å². The van der Waals surface area contributed by atoms with E-state index >= 15 is 0 Å². The molecule has 84 valence electrons. The number of benzene rings is 1. The molecule has 0 N–H and O–H groups in total. The number of anilines is 1. The highest BCUT2D eigenvalue weighted by atomic mass is 16.2. The Labute approximate surface area is 95.1 Å². The van der Waals surface area contributed by atoms with Gasteiger partial charge in [0.25, 0.3) is 0 Å². The maximum absolute atomic E-state index is 12.1. The fourth-order valence-electron chi connectivity index (χ4n) is 2.02. The molecule has 3 nitrogen and oxygen atoms in total. The molecular formula is C13H15NO2. The molecule has 1 unspecified atom stereocenters. The molecule has 0 spiro atoms. The number of imide groups is 1. The van der Waals surface area contributed by atoms with Crippen LogP contribution in [0, 0.1) is 11.8 Å². The van der Waals surface area contributed by atoms with Gasteiger partial charge in [-0.1, -0.05) is 32.0 Å². The number of rotatable bonds is 2. The Morgan fingerprint density at radius 1 is 1.19 bits per heavy atom. The van der Waals surface area contributed by atoms with Gasteiger partial charge in [0.2, 0.25) is 11.8 Å². The molecule has 3 heteroatoms. The van der Waals surface area contributed by atoms with Crippen molar-refractivity contribution < 1.29 is 9.59 Å². The summed E-state index contributed by atoms with van der Waals surface area (Å²) in [5.74, 6) is -0.0982. The third-order valence-corrected chi connectivity index (χ3v) is 3.00. The quantitative estimate of drug-likeness (QED) is 0.712. The third-order valence-electron chi connectivity index (χ3n) is 3.00. The van der Waals surface area contributed by atoms with E-state index in [4.69, 9.17) is 0 Å². The zero-order valence-corrected chi connectivity index (χ0v) is 9.51.